The first-order valence-electron chi connectivity index (χ1n) is 11.0. The average molecular weight is 529 g/mol. The molecule has 4 nitrogen and oxygen atoms in total. The second-order valence-corrected chi connectivity index (χ2v) is 12.0. The molecule has 2 heterocycles. The monoisotopic (exact) mass is 528 g/mol. The number of aliphatic hydroxyl groups is 2. The predicted molar refractivity (Wildman–Crippen MR) is 149 cm³/mol. The smallest absolute Gasteiger partial charge is 0.123 e. The molecule has 0 saturated carbocycles. The molecule has 4 aromatic rings. The van der Waals surface area contributed by atoms with Crippen LogP contribution in [0, 0.1) is 13.8 Å². The zero-order valence-corrected chi connectivity index (χ0v) is 22.4. The molecule has 8 heteroatoms. The van der Waals surface area contributed by atoms with Crippen LogP contribution in [0.25, 0.3) is 21.1 Å². The van der Waals surface area contributed by atoms with Crippen molar-refractivity contribution in [1.29, 1.82) is 0 Å². The number of nitrogens with zero attached hydrogens (tertiary/aromatic N) is 2. The van der Waals surface area contributed by atoms with Crippen LogP contribution in [0.5, 0.6) is 0 Å². The average Bonchev–Trinajstić information content (AvgIpc) is 3.50. The summed E-state index contributed by atoms with van der Waals surface area (Å²) in [6, 6.07) is 16.8. The van der Waals surface area contributed by atoms with Gasteiger partial charge in [0.15, 0.2) is 0 Å². The van der Waals surface area contributed by atoms with Crippen LogP contribution in [0.15, 0.2) is 59.3 Å². The van der Waals surface area contributed by atoms with Crippen LogP contribution in [-0.2, 0) is 11.5 Å². The minimum absolute atomic E-state index is 0.480. The molecular weight excluding hydrogens is 501 g/mol. The van der Waals surface area contributed by atoms with E-state index in [9.17, 15) is 10.2 Å². The molecule has 2 N–H and O–H groups in total. The number of aromatic nitrogens is 2. The largest absolute Gasteiger partial charge is 0.390 e. The third kappa shape index (κ3) is 7.16. The Morgan fingerprint density at radius 2 is 1.06 bits per heavy atom. The standard InChI is InChI=1S/C26H28N2O2S4/c1-17-3-7-19(8-4-17)25-27-21(13-33-25)11-31-15-23(29)24(30)16-32-12-22-14-34-26(28-22)20-9-5-18(2)6-10-20/h3-10,13-14,23-24,29-30H,11-12,15-16H2,1-2H3/t23-,24-/m0/s1. The molecule has 0 aliphatic heterocycles. The molecule has 2 aromatic heterocycles. The zero-order valence-electron chi connectivity index (χ0n) is 19.2. The Labute approximate surface area is 217 Å². The Morgan fingerprint density at radius 1 is 0.676 bits per heavy atom. The Bertz CT molecular complexity index is 1080. The highest BCUT2D eigenvalue weighted by atomic mass is 32.2. The molecule has 178 valence electrons. The summed E-state index contributed by atoms with van der Waals surface area (Å²) >= 11 is 6.48. The van der Waals surface area contributed by atoms with Crippen molar-refractivity contribution in [1.82, 2.24) is 9.97 Å². The van der Waals surface area contributed by atoms with E-state index >= 15 is 0 Å². The summed E-state index contributed by atoms with van der Waals surface area (Å²) in [6.07, 6.45) is -1.52. The molecule has 0 aliphatic rings. The maximum atomic E-state index is 10.4. The molecule has 0 aliphatic carbocycles. The summed E-state index contributed by atoms with van der Waals surface area (Å²) < 4.78 is 0. The minimum atomic E-state index is -0.758. The normalized spacial score (nSPS) is 13.2. The fourth-order valence-corrected chi connectivity index (χ4v) is 6.93. The van der Waals surface area contributed by atoms with E-state index in [0.29, 0.717) is 11.5 Å². The van der Waals surface area contributed by atoms with E-state index in [1.165, 1.54) is 11.1 Å². The first-order valence-corrected chi connectivity index (χ1v) is 15.1. The fraction of sp³-hybridized carbons (Fsp3) is 0.308. The topological polar surface area (TPSA) is 66.2 Å². The number of benzene rings is 2. The van der Waals surface area contributed by atoms with E-state index in [1.807, 2.05) is 0 Å². The second-order valence-electron chi connectivity index (χ2n) is 8.18. The van der Waals surface area contributed by atoms with Gasteiger partial charge in [0.1, 0.15) is 10.0 Å². The van der Waals surface area contributed by atoms with Crippen LogP contribution in [0.3, 0.4) is 0 Å². The highest BCUT2D eigenvalue weighted by Gasteiger charge is 2.17. The van der Waals surface area contributed by atoms with Crippen LogP contribution in [0.4, 0.5) is 0 Å². The van der Waals surface area contributed by atoms with Crippen LogP contribution < -0.4 is 0 Å². The Balaban J connectivity index is 1.17. The molecular formula is C26H28N2O2S4. The van der Waals surface area contributed by atoms with E-state index in [2.05, 4.69) is 73.1 Å². The number of hydrogen-bond donors (Lipinski definition) is 2. The lowest BCUT2D eigenvalue weighted by atomic mass is 10.2. The van der Waals surface area contributed by atoms with Gasteiger partial charge < -0.3 is 10.2 Å². The van der Waals surface area contributed by atoms with Crippen LogP contribution >= 0.6 is 46.2 Å². The summed E-state index contributed by atoms with van der Waals surface area (Å²) in [4.78, 5) is 9.41. The van der Waals surface area contributed by atoms with Crippen LogP contribution in [-0.4, -0.2) is 43.9 Å². The van der Waals surface area contributed by atoms with Gasteiger partial charge >= 0.3 is 0 Å². The third-order valence-corrected chi connectivity index (χ3v) is 9.26. The molecule has 0 bridgehead atoms. The maximum absolute atomic E-state index is 10.4. The second kappa shape index (κ2) is 12.3. The van der Waals surface area contributed by atoms with Crippen LogP contribution in [0.2, 0.25) is 0 Å². The summed E-state index contributed by atoms with van der Waals surface area (Å²) in [7, 11) is 0. The van der Waals surface area contributed by atoms with Crippen LogP contribution in [0.1, 0.15) is 22.5 Å². The molecule has 0 unspecified atom stereocenters. The number of thioether (sulfide) groups is 2. The van der Waals surface area contributed by atoms with Crippen molar-refractivity contribution in [3.63, 3.8) is 0 Å². The number of thiazole rings is 2. The van der Waals surface area contributed by atoms with Gasteiger partial charge in [-0.05, 0) is 13.8 Å². The molecule has 0 saturated heterocycles. The van der Waals surface area contributed by atoms with Gasteiger partial charge in [-0.2, -0.15) is 23.5 Å². The minimum Gasteiger partial charge on any atom is -0.390 e. The zero-order chi connectivity index (χ0) is 23.9. The molecule has 0 spiro atoms. The van der Waals surface area contributed by atoms with E-state index in [4.69, 9.17) is 9.97 Å². The number of aliphatic hydroxyl groups excluding tert-OH is 2. The van der Waals surface area contributed by atoms with Crippen molar-refractivity contribution in [2.45, 2.75) is 37.6 Å². The first-order chi connectivity index (χ1) is 16.5. The predicted octanol–water partition coefficient (Wildman–Crippen LogP) is 6.44. The van der Waals surface area contributed by atoms with Gasteiger partial charge in [0.25, 0.3) is 0 Å². The van der Waals surface area contributed by atoms with Gasteiger partial charge in [-0.3, -0.25) is 0 Å². The van der Waals surface area contributed by atoms with Gasteiger partial charge in [-0.1, -0.05) is 59.7 Å². The lowest BCUT2D eigenvalue weighted by Gasteiger charge is -2.16. The quantitative estimate of drug-likeness (QED) is 0.234. The van der Waals surface area contributed by atoms with Crippen molar-refractivity contribution < 1.29 is 10.2 Å². The highest BCUT2D eigenvalue weighted by Crippen LogP contribution is 2.27. The number of rotatable bonds is 11. The summed E-state index contributed by atoms with van der Waals surface area (Å²) in [6.45, 7) is 4.15. The van der Waals surface area contributed by atoms with Crippen molar-refractivity contribution in [3.05, 3.63) is 81.8 Å². The van der Waals surface area contributed by atoms with E-state index in [-0.39, 0.29) is 0 Å². The van der Waals surface area contributed by atoms with Gasteiger partial charge in [0.2, 0.25) is 0 Å². The van der Waals surface area contributed by atoms with Gasteiger partial charge in [-0.25, -0.2) is 9.97 Å². The van der Waals surface area contributed by atoms with E-state index < -0.39 is 12.2 Å². The lowest BCUT2D eigenvalue weighted by molar-refractivity contribution is 0.0499. The molecule has 4 rings (SSSR count). The Hall–Kier alpha value is -1.68. The molecule has 0 fully saturated rings. The fourth-order valence-electron chi connectivity index (χ4n) is 3.19. The van der Waals surface area contributed by atoms with E-state index in [1.54, 1.807) is 46.2 Å². The molecule has 2 aromatic carbocycles. The molecule has 34 heavy (non-hydrogen) atoms. The van der Waals surface area contributed by atoms with Crippen molar-refractivity contribution in [3.8, 4) is 21.1 Å². The third-order valence-electron chi connectivity index (χ3n) is 5.22. The Morgan fingerprint density at radius 3 is 1.44 bits per heavy atom. The SMILES string of the molecule is Cc1ccc(-c2nc(CSC[C@H](O)[C@@H](O)CSCc3csc(-c4ccc(C)cc4)n3)cs2)cc1. The summed E-state index contributed by atoms with van der Waals surface area (Å²) in [5, 5.41) is 26.9. The van der Waals surface area contributed by atoms with Gasteiger partial charge in [-0.15, -0.1) is 22.7 Å². The number of aryl methyl sites for hydroxylation is 2. The molecule has 0 radical (unpaired) electrons. The molecule has 0 amide bonds. The van der Waals surface area contributed by atoms with Gasteiger partial charge in [0, 0.05) is 44.9 Å². The summed E-state index contributed by atoms with van der Waals surface area (Å²) in [5.74, 6) is 2.40. The highest BCUT2D eigenvalue weighted by molar-refractivity contribution is 7.98. The number of hydrogen-bond acceptors (Lipinski definition) is 8. The van der Waals surface area contributed by atoms with Crippen molar-refractivity contribution in [2.24, 2.45) is 0 Å². The van der Waals surface area contributed by atoms with Gasteiger partial charge in [0.05, 0.1) is 23.6 Å². The van der Waals surface area contributed by atoms with Crippen molar-refractivity contribution >= 4 is 46.2 Å². The lowest BCUT2D eigenvalue weighted by Crippen LogP contribution is -2.30. The van der Waals surface area contributed by atoms with E-state index in [0.717, 1.165) is 44.0 Å². The molecule has 2 atom stereocenters. The maximum Gasteiger partial charge on any atom is 0.123 e. The first kappa shape index (κ1) is 25.4. The Kier molecular flexibility index (Phi) is 9.22. The summed E-state index contributed by atoms with van der Waals surface area (Å²) in [5.41, 5.74) is 6.75. The van der Waals surface area contributed by atoms with Crippen molar-refractivity contribution in [2.75, 3.05) is 11.5 Å².